The van der Waals surface area contributed by atoms with Crippen molar-refractivity contribution in [1.29, 1.82) is 0 Å². The summed E-state index contributed by atoms with van der Waals surface area (Å²) in [6, 6.07) is -1.92. The molecule has 0 aromatic carbocycles. The van der Waals surface area contributed by atoms with Crippen LogP contribution in [0, 0.1) is 57.7 Å². The number of methoxy groups -OCH3 is 2. The number of alkyl carbamates (subject to hydrolysis) is 2. The number of halogens is 1. The van der Waals surface area contributed by atoms with Crippen LogP contribution in [0.5, 0.6) is 0 Å². The first-order valence-electron chi connectivity index (χ1n) is 46.3. The summed E-state index contributed by atoms with van der Waals surface area (Å²) in [5.41, 5.74) is 10.1. The molecule has 141 heavy (non-hydrogen) atoms. The smallest absolute Gasteiger partial charge is 0.553 e. The Kier molecular flexibility index (Phi) is 77.3. The minimum absolute atomic E-state index is 0. The normalized spacial score (nSPS) is 16.2. The van der Waals surface area contributed by atoms with Gasteiger partial charge in [0.2, 0.25) is 0 Å². The number of ether oxygens (including phenoxy) is 11. The second-order valence-electron chi connectivity index (χ2n) is 41.5. The number of esters is 4. The zero-order chi connectivity index (χ0) is 112. The first-order chi connectivity index (χ1) is 63.6. The topological polar surface area (TPSA) is 523 Å². The van der Waals surface area contributed by atoms with E-state index in [0.29, 0.717) is 19.3 Å². The average molecular weight is 2080 g/mol. The number of nitrogens with one attached hydrogen (secondary N) is 3. The van der Waals surface area contributed by atoms with Crippen LogP contribution < -0.4 is 51.7 Å². The third-order valence-corrected chi connectivity index (χ3v) is 19.8. The summed E-state index contributed by atoms with van der Waals surface area (Å²) in [6.07, 6.45) is 13.0. The van der Waals surface area contributed by atoms with Gasteiger partial charge in [-0.15, -0.1) is 0 Å². The van der Waals surface area contributed by atoms with Gasteiger partial charge in [0.1, 0.15) is 72.4 Å². The van der Waals surface area contributed by atoms with E-state index in [1.54, 1.807) is 81.5 Å². The number of amides is 4. The molecule has 0 bridgehead atoms. The first kappa shape index (κ1) is 149. The van der Waals surface area contributed by atoms with Crippen LogP contribution in [0.3, 0.4) is 0 Å². The van der Waals surface area contributed by atoms with E-state index in [0.717, 1.165) is 27.6 Å². The Hall–Kier alpha value is -9.24. The molecule has 0 aromatic rings. The molecule has 0 aromatic heterocycles. The third kappa shape index (κ3) is 62.8. The van der Waals surface area contributed by atoms with Gasteiger partial charge in [0.15, 0.2) is 18.0 Å². The molecule has 2 rings (SSSR count). The summed E-state index contributed by atoms with van der Waals surface area (Å²) in [5.74, 6) is -0.138. The summed E-state index contributed by atoms with van der Waals surface area (Å²) in [4.78, 5) is 158. The molecule has 36 nitrogen and oxygen atoms in total. The van der Waals surface area contributed by atoms with Crippen LogP contribution >= 0.6 is 15.9 Å². The van der Waals surface area contributed by atoms with Gasteiger partial charge in [-0.2, -0.15) is 0 Å². The van der Waals surface area contributed by atoms with Crippen LogP contribution in [0.25, 0.3) is 5.90 Å². The number of allylic oxidation sites excluding steroid dienone is 6. The first-order valence-corrected chi connectivity index (χ1v) is 47.5. The van der Waals surface area contributed by atoms with Crippen LogP contribution in [0.4, 0.5) is 28.8 Å². The van der Waals surface area contributed by atoms with E-state index in [4.69, 9.17) is 80.2 Å². The van der Waals surface area contributed by atoms with Crippen LogP contribution in [-0.2, 0) is 85.7 Å². The van der Waals surface area contributed by atoms with Crippen molar-refractivity contribution in [3.63, 3.8) is 0 Å². The molecule has 0 spiro atoms. The molecule has 11 N–H and O–H groups in total. The zero-order valence-corrected chi connectivity index (χ0v) is 96.9. The Labute approximate surface area is 874 Å². The SMILES string of the molecule is C=CCOC(=O)N1[C@@H](C(C)(C)C)OC(=O)[C@@]1(CC=C(C)C)C(C)C.C=CCOC(=O)N1[C@H](C(C)C)C(=O)O[C@@H]1C(C)(C)C.C=CCOC(=O)N[C@@](CC=C(C)C)(C(=O)O)C(C)C.C=CCOC(=O)N[C@@](CC=C(C)C)(C(=O)OC)C(C)C.CC(C)(C)OC(=O)OC(=O)OC(C)(C)C.CC(C)=CCBr.CC(C)[C@@H](N)C(=O)O.CC(C)[C@@H](N=CC(C)(C)C)C(=O)O.COC(=O)[C@@](N)(CC=C(C)C)C(C)C.[NH-]O.[Na+]. The molecule has 2 aliphatic rings. The predicted molar refractivity (Wildman–Crippen MR) is 553 cm³/mol. The number of aliphatic carboxylic acids is 3. The number of carboxylic acids is 3. The summed E-state index contributed by atoms with van der Waals surface area (Å²) in [6.45, 7) is 87.5. The standard InChI is InChI=1S/C19H31NO4.C15H25NO4.2C14H23NO4.C11H21NO2.C10H19NO2.C10H18O5.C5H9Br.C5H11NO2.H2NO.Na/c1-9-12-23-17(22)20-15(18(6,7)8)24-16(21)19(20,14(4)5)11-10-13(2)3;1-7-10-20-14(18)16-15(12(4)5,13(17)19-6)9-8-11(2)3;1-7-8-18-13(17)15-10(9(2)3)11(16)19-12(15)14(4,5)6;1-6-9-19-13(18)15-14(11(4)5,12(16)17)8-7-10(2)3;1-8(2)6-7-11(12,9(3)4)10(13)14-5;1-7(2)8(9(12)13)11-6-10(3,4)5;1-9(2,3)14-7(11)13-8(12)15-10(4,5)6;1-5(2)3-4-6;1-3(2)4(6)5(7)8;1-2;/h9-10,14-15H,1,11-12H2,2-8H3;7-8,12H,1,9-10H2,2-6H3,(H,16,18);7,9-10,12H,1,8H2,2-6H3;6-7,11H,1,8-9H2,2-5H3,(H,15,18)(H,16,17);6,9H,7,12H2,1-5H3;6-8H,1-5H3,(H,12,13);1-6H3;3H,4H2,1-2H3;3-4H,6H2,1-2H3,(H,7,8);1-2H;/q;;;;;;;;;-1;+1/t15-,19-;15-;10-,12-;14-;11-;8-;;;4-;;/m111111..1../s1. The fourth-order valence-electron chi connectivity index (χ4n) is 11.2. The van der Waals surface area contributed by atoms with E-state index >= 15 is 0 Å². The van der Waals surface area contributed by atoms with Gasteiger partial charge < -0.3 is 101 Å². The van der Waals surface area contributed by atoms with E-state index in [1.807, 2.05) is 205 Å². The summed E-state index contributed by atoms with van der Waals surface area (Å²) >= 11 is 3.27. The minimum atomic E-state index is -1.37. The number of carbonyl (C=O) groups is 13. The summed E-state index contributed by atoms with van der Waals surface area (Å²) in [7, 11) is 2.67. The van der Waals surface area contributed by atoms with Crippen LogP contribution in [-0.4, -0.2) is 225 Å². The van der Waals surface area contributed by atoms with Crippen molar-refractivity contribution >= 4 is 101 Å². The van der Waals surface area contributed by atoms with Gasteiger partial charge in [-0.05, 0) is 177 Å². The molecule has 0 aliphatic carbocycles. The van der Waals surface area contributed by atoms with Gasteiger partial charge in [0, 0.05) is 28.8 Å². The van der Waals surface area contributed by atoms with Gasteiger partial charge in [0.05, 0.1) is 14.2 Å². The maximum absolute atomic E-state index is 12.9. The Morgan fingerprint density at radius 1 is 0.511 bits per heavy atom. The Morgan fingerprint density at radius 3 is 1.14 bits per heavy atom. The molecule has 2 aliphatic heterocycles. The quantitative estimate of drug-likeness (QED) is 0.00453. The molecule has 810 valence electrons. The number of carbonyl (C=O) groups excluding carboxylic acids is 10. The molecule has 0 saturated carbocycles. The molecule has 0 unspecified atom stereocenters. The number of alkyl halides is 1. The van der Waals surface area contributed by atoms with E-state index in [2.05, 4.69) is 82.5 Å². The predicted octanol–water partition coefficient (Wildman–Crippen LogP) is 19.2. The van der Waals surface area contributed by atoms with Gasteiger partial charge >= 0.3 is 108 Å². The van der Waals surface area contributed by atoms with Crippen molar-refractivity contribution in [3.05, 3.63) is 115 Å². The Balaban J connectivity index is -0.000000202. The van der Waals surface area contributed by atoms with Gasteiger partial charge in [-0.25, -0.2) is 52.7 Å². The third-order valence-electron chi connectivity index (χ3n) is 19.5. The molecule has 2 heterocycles. The van der Waals surface area contributed by atoms with E-state index in [-0.39, 0.29) is 133 Å². The average Bonchev–Trinajstić information content (AvgIpc) is 1.57. The van der Waals surface area contributed by atoms with E-state index in [9.17, 15) is 67.4 Å². The maximum atomic E-state index is 12.9. The van der Waals surface area contributed by atoms with Crippen LogP contribution in [0.1, 0.15) is 296 Å². The molecule has 2 saturated heterocycles. The van der Waals surface area contributed by atoms with Crippen molar-refractivity contribution in [2.45, 2.75) is 360 Å². The molecule has 4 amide bonds. The Morgan fingerprint density at radius 2 is 0.872 bits per heavy atom. The largest absolute Gasteiger partial charge is 1.00 e. The van der Waals surface area contributed by atoms with Gasteiger partial charge in [-0.1, -0.05) is 284 Å². The number of carboxylic acid groups (broad SMARTS) is 3. The summed E-state index contributed by atoms with van der Waals surface area (Å²) in [5, 5.41) is 38.9. The fraction of sp³-hybridized carbons (Fsp3) is 0.689. The van der Waals surface area contributed by atoms with Crippen molar-refractivity contribution < 1.29 is 165 Å². The van der Waals surface area contributed by atoms with Crippen LogP contribution in [0.2, 0.25) is 0 Å². The zero-order valence-electron chi connectivity index (χ0n) is 93.4. The molecule has 9 atom stereocenters. The number of hydrogen-bond acceptors (Lipinski definition) is 28. The van der Waals surface area contributed by atoms with E-state index < -0.39 is 130 Å². The Bertz CT molecular complexity index is 4000. The number of aliphatic imine (C=N–C) groups is 1. The van der Waals surface area contributed by atoms with Crippen LogP contribution in [0.15, 0.2) is 114 Å². The molecule has 2 fully saturated rings. The maximum Gasteiger partial charge on any atom is 1.00 e. The van der Waals surface area contributed by atoms with Gasteiger partial charge in [-0.3, -0.25) is 24.4 Å². The van der Waals surface area contributed by atoms with Crippen molar-refractivity contribution in [1.82, 2.24) is 20.4 Å². The number of hydrogen-bond donors (Lipinski definition) is 8. The van der Waals surface area contributed by atoms with Crippen molar-refractivity contribution in [2.75, 3.05) is 46.0 Å². The minimum Gasteiger partial charge on any atom is -0.553 e. The van der Waals surface area contributed by atoms with E-state index in [1.165, 1.54) is 53.9 Å². The molecule has 38 heteroatoms. The van der Waals surface area contributed by atoms with Crippen molar-refractivity contribution in [2.24, 2.45) is 74.1 Å². The molecule has 0 radical (unpaired) electrons. The molecular formula is C103H182BrN8NaO28. The second-order valence-corrected chi connectivity index (χ2v) is 42.2. The summed E-state index contributed by atoms with van der Waals surface area (Å²) < 4.78 is 54.5. The monoisotopic (exact) mass is 2080 g/mol. The number of nitrogens with zero attached hydrogens (tertiary/aromatic N) is 3. The van der Waals surface area contributed by atoms with Gasteiger partial charge in [0.25, 0.3) is 0 Å². The number of rotatable bonds is 32. The van der Waals surface area contributed by atoms with Crippen molar-refractivity contribution in [3.8, 4) is 0 Å². The fourth-order valence-corrected chi connectivity index (χ4v) is 11.9. The molecular weight excluding hydrogens is 1900 g/mol. The number of nitrogens with two attached hydrogens (primary N) is 2. The second kappa shape index (κ2) is 72.9. The number of cyclic esters (lactones) is 2.